The number of benzene rings is 2. The highest BCUT2D eigenvalue weighted by molar-refractivity contribution is 9.10. The van der Waals surface area contributed by atoms with Crippen molar-refractivity contribution < 1.29 is 19.1 Å². The van der Waals surface area contributed by atoms with Crippen molar-refractivity contribution in [1.82, 2.24) is 5.32 Å². The number of halogens is 3. The summed E-state index contributed by atoms with van der Waals surface area (Å²) >= 11 is 9.37. The first kappa shape index (κ1) is 22.2. The van der Waals surface area contributed by atoms with E-state index in [-0.39, 0.29) is 21.4 Å². The molecule has 31 heavy (non-hydrogen) atoms. The van der Waals surface area contributed by atoms with Gasteiger partial charge in [-0.2, -0.15) is 0 Å². The Morgan fingerprint density at radius 1 is 1.29 bits per heavy atom. The summed E-state index contributed by atoms with van der Waals surface area (Å²) < 4.78 is 15.6. The maximum atomic E-state index is 15.3. The third kappa shape index (κ3) is 3.47. The van der Waals surface area contributed by atoms with Gasteiger partial charge < -0.3 is 10.4 Å². The van der Waals surface area contributed by atoms with Crippen molar-refractivity contribution in [3.05, 3.63) is 62.8 Å². The van der Waals surface area contributed by atoms with Crippen molar-refractivity contribution in [2.24, 2.45) is 5.41 Å². The molecule has 0 aromatic heterocycles. The van der Waals surface area contributed by atoms with Crippen molar-refractivity contribution in [2.75, 3.05) is 5.32 Å². The van der Waals surface area contributed by atoms with E-state index in [2.05, 4.69) is 26.6 Å². The number of hydrogen-bond donors (Lipinski definition) is 3. The summed E-state index contributed by atoms with van der Waals surface area (Å²) in [6.45, 7) is 6.09. The first-order valence-corrected chi connectivity index (χ1v) is 11.2. The highest BCUT2D eigenvalue weighted by Gasteiger charge is 2.66. The van der Waals surface area contributed by atoms with E-state index in [1.807, 2.05) is 20.8 Å². The van der Waals surface area contributed by atoms with Crippen LogP contribution in [0.3, 0.4) is 0 Å². The number of aliphatic carboxylic acids is 1. The molecule has 2 heterocycles. The third-order valence-electron chi connectivity index (χ3n) is 6.20. The molecule has 4 atom stereocenters. The molecule has 1 unspecified atom stereocenters. The summed E-state index contributed by atoms with van der Waals surface area (Å²) in [5.41, 5.74) is -0.170. The van der Waals surface area contributed by atoms with Gasteiger partial charge in [0.25, 0.3) is 0 Å². The lowest BCUT2D eigenvalue weighted by Gasteiger charge is -2.37. The van der Waals surface area contributed by atoms with Crippen LogP contribution in [0.25, 0.3) is 0 Å². The van der Waals surface area contributed by atoms with Crippen LogP contribution in [0.2, 0.25) is 5.02 Å². The second-order valence-corrected chi connectivity index (χ2v) is 10.7. The van der Waals surface area contributed by atoms with Gasteiger partial charge in [0, 0.05) is 22.7 Å². The third-order valence-corrected chi connectivity index (χ3v) is 7.05. The number of amides is 1. The zero-order chi connectivity index (χ0) is 22.7. The number of nitrogens with one attached hydrogen (secondary N) is 2. The minimum atomic E-state index is -1.31. The van der Waals surface area contributed by atoms with E-state index < -0.39 is 35.2 Å². The summed E-state index contributed by atoms with van der Waals surface area (Å²) in [7, 11) is 0. The number of carboxylic acids is 1. The quantitative estimate of drug-likeness (QED) is 0.539. The largest absolute Gasteiger partial charge is 0.480 e. The highest BCUT2D eigenvalue weighted by Crippen LogP contribution is 2.57. The van der Waals surface area contributed by atoms with Crippen LogP contribution in [0.4, 0.5) is 10.1 Å². The average molecular weight is 510 g/mol. The number of carboxylic acid groups (broad SMARTS) is 1. The van der Waals surface area contributed by atoms with Crippen molar-refractivity contribution >= 4 is 45.1 Å². The molecule has 1 amide bonds. The Labute approximate surface area is 193 Å². The molecule has 164 valence electrons. The van der Waals surface area contributed by atoms with Gasteiger partial charge in [0.2, 0.25) is 5.91 Å². The van der Waals surface area contributed by atoms with Gasteiger partial charge in [0.05, 0.1) is 4.47 Å². The lowest BCUT2D eigenvalue weighted by molar-refractivity contribution is -0.139. The predicted molar refractivity (Wildman–Crippen MR) is 121 cm³/mol. The van der Waals surface area contributed by atoms with Crippen molar-refractivity contribution in [2.45, 2.75) is 50.6 Å². The molecule has 2 aromatic rings. The Morgan fingerprint density at radius 3 is 2.65 bits per heavy atom. The van der Waals surface area contributed by atoms with E-state index in [1.165, 1.54) is 0 Å². The van der Waals surface area contributed by atoms with E-state index in [0.29, 0.717) is 22.7 Å². The van der Waals surface area contributed by atoms with Crippen LogP contribution in [0.5, 0.6) is 0 Å². The number of anilines is 1. The van der Waals surface area contributed by atoms with Gasteiger partial charge in [-0.15, -0.1) is 0 Å². The number of rotatable bonds is 3. The highest BCUT2D eigenvalue weighted by atomic mass is 79.9. The Kier molecular flexibility index (Phi) is 5.43. The first-order chi connectivity index (χ1) is 14.5. The van der Waals surface area contributed by atoms with E-state index in [1.54, 1.807) is 36.4 Å². The standard InChI is InChI=1S/C23H23BrClFN2O3/c1-22(2,3)10-16-23(13-8-7-11(25)9-15(13)27-21(23)31)17(19(28-16)20(29)30)12-5-4-6-14(24)18(12)26/h4-9,16-17,19,28H,10H2,1-3H3,(H,27,31)(H,29,30)/t16-,17+,19+,23?/m0/s1. The Morgan fingerprint density at radius 2 is 2.00 bits per heavy atom. The molecule has 2 aliphatic heterocycles. The molecule has 8 heteroatoms. The van der Waals surface area contributed by atoms with E-state index in [9.17, 15) is 14.7 Å². The van der Waals surface area contributed by atoms with Crippen molar-refractivity contribution in [3.8, 4) is 0 Å². The van der Waals surface area contributed by atoms with Crippen molar-refractivity contribution in [1.29, 1.82) is 0 Å². The average Bonchev–Trinajstić information content (AvgIpc) is 3.12. The van der Waals surface area contributed by atoms with Crippen LogP contribution in [0.15, 0.2) is 40.9 Å². The maximum Gasteiger partial charge on any atom is 0.321 e. The Balaban J connectivity index is 2.04. The molecule has 1 fully saturated rings. The van der Waals surface area contributed by atoms with Crippen LogP contribution < -0.4 is 10.6 Å². The molecule has 2 aliphatic rings. The normalized spacial score (nSPS) is 27.4. The second kappa shape index (κ2) is 7.57. The minimum absolute atomic E-state index is 0.184. The van der Waals surface area contributed by atoms with Gasteiger partial charge in [-0.3, -0.25) is 14.9 Å². The molecule has 1 saturated heterocycles. The first-order valence-electron chi connectivity index (χ1n) is 10.0. The van der Waals surface area contributed by atoms with Crippen LogP contribution in [-0.2, 0) is 15.0 Å². The summed E-state index contributed by atoms with van der Waals surface area (Å²) in [5.74, 6) is -3.00. The summed E-state index contributed by atoms with van der Waals surface area (Å²) in [4.78, 5) is 26.0. The monoisotopic (exact) mass is 508 g/mol. The smallest absolute Gasteiger partial charge is 0.321 e. The fourth-order valence-electron chi connectivity index (χ4n) is 5.14. The number of fused-ring (bicyclic) bond motifs is 2. The molecule has 3 N–H and O–H groups in total. The van der Waals surface area contributed by atoms with E-state index in [4.69, 9.17) is 11.6 Å². The van der Waals surface area contributed by atoms with Crippen LogP contribution in [-0.4, -0.2) is 29.1 Å². The summed E-state index contributed by atoms with van der Waals surface area (Å²) in [5, 5.41) is 16.6. The molecular formula is C23H23BrClFN2O3. The predicted octanol–water partition coefficient (Wildman–Crippen LogP) is 5.08. The number of carbonyl (C=O) groups is 2. The number of hydrogen-bond acceptors (Lipinski definition) is 3. The molecule has 0 saturated carbocycles. The number of carbonyl (C=O) groups excluding carboxylic acids is 1. The minimum Gasteiger partial charge on any atom is -0.480 e. The lowest BCUT2D eigenvalue weighted by atomic mass is 9.62. The Bertz CT molecular complexity index is 1090. The molecule has 1 spiro atoms. The van der Waals surface area contributed by atoms with Gasteiger partial charge in [-0.25, -0.2) is 4.39 Å². The van der Waals surface area contributed by atoms with Gasteiger partial charge >= 0.3 is 5.97 Å². The van der Waals surface area contributed by atoms with E-state index >= 15 is 4.39 Å². The Hall–Kier alpha value is -1.96. The fraction of sp³-hybridized carbons (Fsp3) is 0.391. The van der Waals surface area contributed by atoms with Gasteiger partial charge in [0.1, 0.15) is 17.3 Å². The van der Waals surface area contributed by atoms with Gasteiger partial charge in [0.15, 0.2) is 0 Å². The van der Waals surface area contributed by atoms with Gasteiger partial charge in [-0.05, 0) is 57.1 Å². The molecule has 2 aromatic carbocycles. The molecule has 0 radical (unpaired) electrons. The molecule has 0 bridgehead atoms. The fourth-order valence-corrected chi connectivity index (χ4v) is 5.69. The maximum absolute atomic E-state index is 15.3. The SMILES string of the molecule is CC(C)(C)C[C@@H]1N[C@@H](C(=O)O)[C@@H](c2cccc(Br)c2F)C12C(=O)Nc1cc(Cl)ccc12. The van der Waals surface area contributed by atoms with Crippen LogP contribution in [0.1, 0.15) is 44.2 Å². The zero-order valence-electron chi connectivity index (χ0n) is 17.3. The molecule has 4 rings (SSSR count). The van der Waals surface area contributed by atoms with Crippen LogP contribution in [0, 0.1) is 11.2 Å². The lowest BCUT2D eigenvalue weighted by Crippen LogP contribution is -2.49. The second-order valence-electron chi connectivity index (χ2n) is 9.43. The molecular weight excluding hydrogens is 487 g/mol. The van der Waals surface area contributed by atoms with E-state index in [0.717, 1.165) is 0 Å². The molecule has 5 nitrogen and oxygen atoms in total. The van der Waals surface area contributed by atoms with Gasteiger partial charge in [-0.1, -0.05) is 50.6 Å². The topological polar surface area (TPSA) is 78.4 Å². The summed E-state index contributed by atoms with van der Waals surface area (Å²) in [6, 6.07) is 8.17. The van der Waals surface area contributed by atoms with Crippen molar-refractivity contribution in [3.63, 3.8) is 0 Å². The molecule has 0 aliphatic carbocycles. The summed E-state index contributed by atoms with van der Waals surface area (Å²) in [6.07, 6.45) is 0.512. The van der Waals surface area contributed by atoms with Crippen LogP contribution >= 0.6 is 27.5 Å². The zero-order valence-corrected chi connectivity index (χ0v) is 19.6.